The summed E-state index contributed by atoms with van der Waals surface area (Å²) in [6.07, 6.45) is 10.6. The average molecular weight is 534 g/mol. The van der Waals surface area contributed by atoms with Crippen molar-refractivity contribution >= 4 is 11.8 Å². The van der Waals surface area contributed by atoms with Gasteiger partial charge in [-0.05, 0) is 81.5 Å². The first-order chi connectivity index (χ1) is 19.0. The lowest BCUT2D eigenvalue weighted by molar-refractivity contribution is -0.128. The molecule has 2 aliphatic heterocycles. The van der Waals surface area contributed by atoms with Crippen molar-refractivity contribution in [2.45, 2.75) is 95.1 Å². The largest absolute Gasteiger partial charge is 0.377 e. The summed E-state index contributed by atoms with van der Waals surface area (Å²) in [6.45, 7) is 5.15. The lowest BCUT2D eigenvalue weighted by atomic mass is 9.90. The fourth-order valence-electron chi connectivity index (χ4n) is 6.38. The molecular weight excluding hydrogens is 490 g/mol. The number of carbonyl (C=O) groups is 2. The molecule has 5 rings (SSSR count). The van der Waals surface area contributed by atoms with Crippen LogP contribution in [-0.4, -0.2) is 76.6 Å². The van der Waals surface area contributed by atoms with Gasteiger partial charge in [0.2, 0.25) is 5.91 Å². The molecule has 3 N–H and O–H groups in total. The van der Waals surface area contributed by atoms with Gasteiger partial charge < -0.3 is 20.7 Å². The number of rotatable bonds is 8. The Bertz CT molecular complexity index is 1100. The van der Waals surface area contributed by atoms with Gasteiger partial charge in [-0.15, -0.1) is 0 Å². The van der Waals surface area contributed by atoms with Crippen LogP contribution >= 0.6 is 0 Å². The van der Waals surface area contributed by atoms with E-state index < -0.39 is 6.04 Å². The zero-order chi connectivity index (χ0) is 27.2. The van der Waals surface area contributed by atoms with Crippen LogP contribution in [0, 0.1) is 6.92 Å². The Kier molecular flexibility index (Phi) is 9.27. The molecule has 0 radical (unpaired) electrons. The van der Waals surface area contributed by atoms with Crippen LogP contribution in [0.2, 0.25) is 0 Å². The van der Waals surface area contributed by atoms with Crippen molar-refractivity contribution in [1.29, 1.82) is 0 Å². The van der Waals surface area contributed by atoms with Gasteiger partial charge in [0.05, 0.1) is 11.7 Å². The number of nitrogens with two attached hydrogens (primary N) is 1. The van der Waals surface area contributed by atoms with Gasteiger partial charge in [0, 0.05) is 56.8 Å². The quantitative estimate of drug-likeness (QED) is 0.539. The van der Waals surface area contributed by atoms with E-state index in [9.17, 15) is 9.59 Å². The molecule has 1 aliphatic carbocycles. The van der Waals surface area contributed by atoms with Gasteiger partial charge in [-0.3, -0.25) is 19.5 Å². The summed E-state index contributed by atoms with van der Waals surface area (Å²) < 4.78 is 6.04. The molecule has 2 amide bonds. The Morgan fingerprint density at radius 3 is 2.64 bits per heavy atom. The third kappa shape index (κ3) is 7.04. The van der Waals surface area contributed by atoms with Crippen LogP contribution in [0.4, 0.5) is 0 Å². The van der Waals surface area contributed by atoms with Crippen LogP contribution in [0.3, 0.4) is 0 Å². The predicted molar refractivity (Wildman–Crippen MR) is 151 cm³/mol. The SMILES string of the molecule is Cc1ccccc1CN(CC1CCCO1)C1CCN(C(=O)c2cccnc2)[C@@H](C(=O)NC2CCC(N)CC2)C1. The van der Waals surface area contributed by atoms with E-state index in [1.165, 1.54) is 11.1 Å². The first kappa shape index (κ1) is 27.7. The fraction of sp³-hybridized carbons (Fsp3) is 0.581. The number of pyridine rings is 1. The zero-order valence-corrected chi connectivity index (χ0v) is 23.1. The van der Waals surface area contributed by atoms with Crippen molar-refractivity contribution in [3.05, 3.63) is 65.5 Å². The number of hydrogen-bond acceptors (Lipinski definition) is 6. The number of hydrogen-bond donors (Lipinski definition) is 2. The van der Waals surface area contributed by atoms with Crippen LogP contribution in [0.15, 0.2) is 48.8 Å². The smallest absolute Gasteiger partial charge is 0.256 e. The molecule has 0 spiro atoms. The van der Waals surface area contributed by atoms with E-state index in [2.05, 4.69) is 46.4 Å². The lowest BCUT2D eigenvalue weighted by Crippen LogP contribution is -2.59. The molecule has 1 saturated carbocycles. The summed E-state index contributed by atoms with van der Waals surface area (Å²) in [7, 11) is 0. The Labute approximate surface area is 232 Å². The molecule has 8 nitrogen and oxygen atoms in total. The van der Waals surface area contributed by atoms with E-state index in [1.807, 2.05) is 0 Å². The van der Waals surface area contributed by atoms with Crippen LogP contribution in [0.5, 0.6) is 0 Å². The minimum atomic E-state index is -0.532. The maximum atomic E-state index is 13.8. The lowest BCUT2D eigenvalue weighted by Gasteiger charge is -2.44. The number of benzene rings is 1. The predicted octanol–water partition coefficient (Wildman–Crippen LogP) is 3.43. The molecule has 2 unspecified atom stereocenters. The number of nitrogens with one attached hydrogen (secondary N) is 1. The highest BCUT2D eigenvalue weighted by Crippen LogP contribution is 2.28. The van der Waals surface area contributed by atoms with E-state index >= 15 is 0 Å². The van der Waals surface area contributed by atoms with Crippen LogP contribution < -0.4 is 11.1 Å². The number of aromatic nitrogens is 1. The third-order valence-electron chi connectivity index (χ3n) is 8.78. The van der Waals surface area contributed by atoms with Gasteiger partial charge in [0.1, 0.15) is 6.04 Å². The second-order valence-corrected chi connectivity index (χ2v) is 11.5. The maximum Gasteiger partial charge on any atom is 0.256 e. The van der Waals surface area contributed by atoms with Gasteiger partial charge in [-0.1, -0.05) is 24.3 Å². The molecule has 39 heavy (non-hydrogen) atoms. The maximum absolute atomic E-state index is 13.8. The van der Waals surface area contributed by atoms with Crippen LogP contribution in [-0.2, 0) is 16.1 Å². The summed E-state index contributed by atoms with van der Waals surface area (Å²) >= 11 is 0. The zero-order valence-electron chi connectivity index (χ0n) is 23.1. The molecule has 0 bridgehead atoms. The van der Waals surface area contributed by atoms with E-state index in [-0.39, 0.29) is 36.0 Å². The molecule has 210 valence electrons. The minimum Gasteiger partial charge on any atom is -0.377 e. The summed E-state index contributed by atoms with van der Waals surface area (Å²) in [6, 6.07) is 12.0. The van der Waals surface area contributed by atoms with E-state index in [4.69, 9.17) is 10.5 Å². The van der Waals surface area contributed by atoms with Crippen molar-refractivity contribution in [2.75, 3.05) is 19.7 Å². The van der Waals surface area contributed by atoms with E-state index in [1.54, 1.807) is 29.4 Å². The average Bonchev–Trinajstić information content (AvgIpc) is 3.48. The first-order valence-electron chi connectivity index (χ1n) is 14.6. The topological polar surface area (TPSA) is 101 Å². The molecular formula is C31H43N5O3. The second kappa shape index (κ2) is 13.0. The molecule has 2 aromatic rings. The van der Waals surface area contributed by atoms with Crippen molar-refractivity contribution in [3.63, 3.8) is 0 Å². The third-order valence-corrected chi connectivity index (χ3v) is 8.78. The number of carbonyl (C=O) groups excluding carboxylic acids is 2. The molecule has 1 aromatic heterocycles. The molecule has 2 saturated heterocycles. The summed E-state index contributed by atoms with van der Waals surface area (Å²) in [5, 5.41) is 3.29. The van der Waals surface area contributed by atoms with E-state index in [0.29, 0.717) is 18.5 Å². The van der Waals surface area contributed by atoms with Crippen molar-refractivity contribution < 1.29 is 14.3 Å². The first-order valence-corrected chi connectivity index (χ1v) is 14.6. The van der Waals surface area contributed by atoms with Gasteiger partial charge in [0.25, 0.3) is 5.91 Å². The van der Waals surface area contributed by atoms with Gasteiger partial charge in [-0.25, -0.2) is 0 Å². The van der Waals surface area contributed by atoms with Gasteiger partial charge >= 0.3 is 0 Å². The Morgan fingerprint density at radius 1 is 1.10 bits per heavy atom. The summed E-state index contributed by atoms with van der Waals surface area (Å²) in [5.41, 5.74) is 9.19. The summed E-state index contributed by atoms with van der Waals surface area (Å²) in [4.78, 5) is 35.8. The number of ether oxygens (including phenoxy) is 1. The van der Waals surface area contributed by atoms with Crippen molar-refractivity contribution in [3.8, 4) is 0 Å². The highest BCUT2D eigenvalue weighted by Gasteiger charge is 2.40. The highest BCUT2D eigenvalue weighted by atomic mass is 16.5. The van der Waals surface area contributed by atoms with E-state index in [0.717, 1.165) is 64.6 Å². The Hall–Kier alpha value is -2.81. The molecule has 3 fully saturated rings. The number of piperidine rings is 1. The van der Waals surface area contributed by atoms with Crippen LogP contribution in [0.1, 0.15) is 72.9 Å². The normalized spacial score (nSPS) is 27.5. The molecule has 3 aliphatic rings. The molecule has 3 heterocycles. The second-order valence-electron chi connectivity index (χ2n) is 11.5. The Balaban J connectivity index is 1.37. The number of aryl methyl sites for hydroxylation is 1. The number of nitrogens with zero attached hydrogens (tertiary/aromatic N) is 3. The molecule has 1 aromatic carbocycles. The summed E-state index contributed by atoms with van der Waals surface area (Å²) in [5.74, 6) is -0.178. The number of likely N-dealkylation sites (tertiary alicyclic amines) is 1. The van der Waals surface area contributed by atoms with Gasteiger partial charge in [0.15, 0.2) is 0 Å². The standard InChI is InChI=1S/C31H43N5O3/c1-22-6-2-3-7-24(22)20-35(21-28-9-5-17-39-28)27-14-16-36(31(38)23-8-4-15-33-19-23)29(18-27)30(37)34-26-12-10-25(32)11-13-26/h2-4,6-8,15,19,25-29H,5,9-14,16-18,20-21,32H2,1H3,(H,34,37)/t25?,26?,27?,28?,29-/m1/s1. The Morgan fingerprint density at radius 2 is 1.92 bits per heavy atom. The molecule has 3 atom stereocenters. The van der Waals surface area contributed by atoms with Crippen LogP contribution in [0.25, 0.3) is 0 Å². The number of amides is 2. The van der Waals surface area contributed by atoms with Crippen molar-refractivity contribution in [1.82, 2.24) is 20.1 Å². The highest BCUT2D eigenvalue weighted by molar-refractivity contribution is 5.97. The fourth-order valence-corrected chi connectivity index (χ4v) is 6.38. The van der Waals surface area contributed by atoms with Crippen molar-refractivity contribution in [2.24, 2.45) is 5.73 Å². The molecule has 8 heteroatoms. The van der Waals surface area contributed by atoms with Gasteiger partial charge in [-0.2, -0.15) is 0 Å². The monoisotopic (exact) mass is 533 g/mol. The minimum absolute atomic E-state index is 0.0506.